The van der Waals surface area contributed by atoms with E-state index in [0.717, 1.165) is 6.42 Å². The molecule has 1 fully saturated rings. The molecule has 2 unspecified atom stereocenters. The number of para-hydroxylation sites is 1. The highest BCUT2D eigenvalue weighted by Crippen LogP contribution is 2.39. The van der Waals surface area contributed by atoms with Crippen molar-refractivity contribution in [2.45, 2.75) is 37.9 Å². The molecule has 0 aliphatic heterocycles. The molecule has 0 aromatic heterocycles. The Balaban J connectivity index is 2.13. The summed E-state index contributed by atoms with van der Waals surface area (Å²) in [6.07, 6.45) is -2.34. The van der Waals surface area contributed by atoms with Crippen molar-refractivity contribution in [2.75, 3.05) is 5.32 Å². The largest absolute Gasteiger partial charge is 0.393 e. The molecule has 18 heavy (non-hydrogen) atoms. The summed E-state index contributed by atoms with van der Waals surface area (Å²) in [4.78, 5) is 0. The average Bonchev–Trinajstić information content (AvgIpc) is 2.31. The normalized spacial score (nSPS) is 24.9. The van der Waals surface area contributed by atoms with Crippen LogP contribution in [0.5, 0.6) is 0 Å². The fraction of sp³-hybridized carbons (Fsp3) is 0.538. The average molecular weight is 261 g/mol. The second kappa shape index (κ2) is 5.16. The Hall–Kier alpha value is -1.26. The highest BCUT2D eigenvalue weighted by Gasteiger charge is 2.45. The Morgan fingerprint density at radius 3 is 2.39 bits per heavy atom. The number of nitrogens with one attached hydrogen (secondary N) is 1. The zero-order chi connectivity index (χ0) is 13.2. The van der Waals surface area contributed by atoms with Crippen molar-refractivity contribution in [1.29, 1.82) is 0 Å². The van der Waals surface area contributed by atoms with Crippen LogP contribution in [-0.2, 0) is 0 Å². The first kappa shape index (κ1) is 13.2. The molecule has 0 bridgehead atoms. The van der Waals surface area contributed by atoms with Gasteiger partial charge in [0.25, 0.3) is 0 Å². The lowest BCUT2D eigenvalue weighted by Crippen LogP contribution is -2.41. The van der Waals surface area contributed by atoms with Crippen molar-refractivity contribution in [1.82, 2.24) is 0 Å². The van der Waals surface area contributed by atoms with Gasteiger partial charge in [0.1, 0.15) is 5.82 Å². The summed E-state index contributed by atoms with van der Waals surface area (Å²) in [5.41, 5.74) is 0.152. The predicted octanol–water partition coefficient (Wildman–Crippen LogP) is 4.36. The van der Waals surface area contributed by atoms with Gasteiger partial charge in [-0.2, -0.15) is 13.2 Å². The Morgan fingerprint density at radius 1 is 1.06 bits per heavy atom. The third-order valence-electron chi connectivity index (χ3n) is 3.40. The molecule has 0 radical (unpaired) electrons. The first-order valence-electron chi connectivity index (χ1n) is 6.06. The number of hydrogen-bond donors (Lipinski definition) is 1. The summed E-state index contributed by atoms with van der Waals surface area (Å²) in [6, 6.07) is 5.11. The highest BCUT2D eigenvalue weighted by atomic mass is 19.4. The molecule has 5 heteroatoms. The Labute approximate surface area is 103 Å². The zero-order valence-electron chi connectivity index (χ0n) is 9.80. The van der Waals surface area contributed by atoms with Crippen LogP contribution in [0.3, 0.4) is 0 Å². The monoisotopic (exact) mass is 261 g/mol. The van der Waals surface area contributed by atoms with Gasteiger partial charge in [0.2, 0.25) is 0 Å². The summed E-state index contributed by atoms with van der Waals surface area (Å²) in [6.45, 7) is 0. The van der Waals surface area contributed by atoms with E-state index < -0.39 is 24.0 Å². The molecule has 2 atom stereocenters. The first-order chi connectivity index (χ1) is 8.48. The maximum atomic E-state index is 13.4. The van der Waals surface area contributed by atoms with Crippen LogP contribution in [0.1, 0.15) is 25.7 Å². The molecule has 0 amide bonds. The topological polar surface area (TPSA) is 12.0 Å². The molecule has 100 valence electrons. The van der Waals surface area contributed by atoms with E-state index in [4.69, 9.17) is 0 Å². The third kappa shape index (κ3) is 2.94. The highest BCUT2D eigenvalue weighted by molar-refractivity contribution is 5.45. The smallest absolute Gasteiger partial charge is 0.379 e. The molecule has 0 spiro atoms. The van der Waals surface area contributed by atoms with Crippen LogP contribution in [0.4, 0.5) is 23.2 Å². The number of hydrogen-bond acceptors (Lipinski definition) is 1. The maximum absolute atomic E-state index is 13.4. The van der Waals surface area contributed by atoms with Crippen LogP contribution in [0.25, 0.3) is 0 Å². The zero-order valence-corrected chi connectivity index (χ0v) is 9.80. The molecule has 1 aromatic rings. The minimum atomic E-state index is -4.22. The Morgan fingerprint density at radius 2 is 1.72 bits per heavy atom. The summed E-state index contributed by atoms with van der Waals surface area (Å²) < 4.78 is 52.0. The van der Waals surface area contributed by atoms with Crippen LogP contribution >= 0.6 is 0 Å². The van der Waals surface area contributed by atoms with E-state index in [1.54, 1.807) is 6.07 Å². The predicted molar refractivity (Wildman–Crippen MR) is 61.8 cm³/mol. The van der Waals surface area contributed by atoms with Gasteiger partial charge >= 0.3 is 6.18 Å². The number of benzene rings is 1. The molecule has 2 rings (SSSR count). The number of alkyl halides is 3. The third-order valence-corrected chi connectivity index (χ3v) is 3.40. The van der Waals surface area contributed by atoms with Gasteiger partial charge < -0.3 is 5.32 Å². The van der Waals surface area contributed by atoms with Crippen molar-refractivity contribution in [3.05, 3.63) is 30.1 Å². The van der Waals surface area contributed by atoms with E-state index in [-0.39, 0.29) is 12.1 Å². The van der Waals surface area contributed by atoms with Gasteiger partial charge in [-0.25, -0.2) is 4.39 Å². The lowest BCUT2D eigenvalue weighted by Gasteiger charge is -2.34. The van der Waals surface area contributed by atoms with Gasteiger partial charge in [-0.15, -0.1) is 0 Å². The Bertz CT molecular complexity index is 402. The van der Waals surface area contributed by atoms with Gasteiger partial charge in [-0.05, 0) is 25.0 Å². The number of halogens is 4. The minimum Gasteiger partial charge on any atom is -0.379 e. The van der Waals surface area contributed by atoms with Crippen molar-refractivity contribution in [2.24, 2.45) is 5.92 Å². The van der Waals surface area contributed by atoms with Gasteiger partial charge in [0, 0.05) is 6.04 Å². The molecule has 0 heterocycles. The molecule has 0 saturated heterocycles. The second-order valence-electron chi connectivity index (χ2n) is 4.66. The summed E-state index contributed by atoms with van der Waals surface area (Å²) in [7, 11) is 0. The molecule has 1 nitrogen and oxygen atoms in total. The van der Waals surface area contributed by atoms with Crippen LogP contribution in [0.15, 0.2) is 24.3 Å². The summed E-state index contributed by atoms with van der Waals surface area (Å²) >= 11 is 0. The molecule has 1 aliphatic rings. The van der Waals surface area contributed by atoms with Gasteiger partial charge in [0.05, 0.1) is 11.6 Å². The fourth-order valence-electron chi connectivity index (χ4n) is 2.47. The lowest BCUT2D eigenvalue weighted by molar-refractivity contribution is -0.184. The quantitative estimate of drug-likeness (QED) is 0.780. The van der Waals surface area contributed by atoms with Crippen LogP contribution < -0.4 is 5.32 Å². The van der Waals surface area contributed by atoms with Crippen LogP contribution in [0.2, 0.25) is 0 Å². The Kier molecular flexibility index (Phi) is 3.78. The van der Waals surface area contributed by atoms with Gasteiger partial charge in [0.15, 0.2) is 0 Å². The van der Waals surface area contributed by atoms with Crippen LogP contribution in [0, 0.1) is 11.7 Å². The minimum absolute atomic E-state index is 0.121. The van der Waals surface area contributed by atoms with E-state index in [1.807, 2.05) is 0 Å². The second-order valence-corrected chi connectivity index (χ2v) is 4.66. The van der Waals surface area contributed by atoms with Gasteiger partial charge in [-0.1, -0.05) is 25.0 Å². The van der Waals surface area contributed by atoms with Crippen molar-refractivity contribution >= 4 is 5.69 Å². The molecule has 1 saturated carbocycles. The van der Waals surface area contributed by atoms with Gasteiger partial charge in [-0.3, -0.25) is 0 Å². The lowest BCUT2D eigenvalue weighted by atomic mass is 9.84. The van der Waals surface area contributed by atoms with Crippen molar-refractivity contribution < 1.29 is 17.6 Å². The van der Waals surface area contributed by atoms with Crippen molar-refractivity contribution in [3.63, 3.8) is 0 Å². The number of rotatable bonds is 2. The fourth-order valence-corrected chi connectivity index (χ4v) is 2.47. The van der Waals surface area contributed by atoms with E-state index in [1.165, 1.54) is 18.2 Å². The van der Waals surface area contributed by atoms with Crippen molar-refractivity contribution in [3.8, 4) is 0 Å². The molecular weight excluding hydrogens is 246 g/mol. The standard InChI is InChI=1S/C13H15F4N/c14-10-6-2-4-8-12(10)18-11-7-3-1-5-9(11)13(15,16)17/h2,4,6,8-9,11,18H,1,3,5,7H2. The van der Waals surface area contributed by atoms with E-state index >= 15 is 0 Å². The van der Waals surface area contributed by atoms with E-state index in [9.17, 15) is 17.6 Å². The van der Waals surface area contributed by atoms with E-state index in [0.29, 0.717) is 12.8 Å². The summed E-state index contributed by atoms with van der Waals surface area (Å²) in [5.74, 6) is -1.89. The van der Waals surface area contributed by atoms with Crippen LogP contribution in [-0.4, -0.2) is 12.2 Å². The first-order valence-corrected chi connectivity index (χ1v) is 6.06. The molecule has 1 aliphatic carbocycles. The van der Waals surface area contributed by atoms with E-state index in [2.05, 4.69) is 5.32 Å². The number of anilines is 1. The summed E-state index contributed by atoms with van der Waals surface area (Å²) in [5, 5.41) is 2.71. The molecular formula is C13H15F4N. The molecule has 1 N–H and O–H groups in total. The maximum Gasteiger partial charge on any atom is 0.393 e. The molecule has 1 aromatic carbocycles. The SMILES string of the molecule is Fc1ccccc1NC1CCCCC1C(F)(F)F.